The maximum Gasteiger partial charge on any atom is 0.191 e. The van der Waals surface area contributed by atoms with E-state index in [1.54, 1.807) is 12.3 Å². The first-order valence-electron chi connectivity index (χ1n) is 9.07. The molecule has 0 amide bonds. The van der Waals surface area contributed by atoms with E-state index in [1.165, 1.54) is 0 Å². The molecule has 1 unspecified atom stereocenters. The minimum atomic E-state index is -0.679. The van der Waals surface area contributed by atoms with Crippen molar-refractivity contribution in [3.63, 3.8) is 0 Å². The van der Waals surface area contributed by atoms with Crippen LogP contribution >= 0.6 is 11.6 Å². The van der Waals surface area contributed by atoms with Gasteiger partial charge in [0.1, 0.15) is 23.6 Å². The number of aliphatic hydroxyl groups is 1. The number of ether oxygens (including phenoxy) is 1. The van der Waals surface area contributed by atoms with Crippen molar-refractivity contribution in [3.05, 3.63) is 58.9 Å². The molecule has 0 aliphatic carbocycles. The zero-order valence-electron chi connectivity index (χ0n) is 15.8. The summed E-state index contributed by atoms with van der Waals surface area (Å²) in [5.74, 6) is 1.41. The lowest BCUT2D eigenvalue weighted by Crippen LogP contribution is -2.39. The Bertz CT molecular complexity index is 722. The number of halogens is 1. The van der Waals surface area contributed by atoms with Crippen LogP contribution in [-0.4, -0.2) is 48.4 Å². The van der Waals surface area contributed by atoms with Gasteiger partial charge in [0, 0.05) is 19.3 Å². The van der Waals surface area contributed by atoms with Crippen molar-refractivity contribution in [2.45, 2.75) is 26.4 Å². The molecule has 1 heterocycles. The van der Waals surface area contributed by atoms with Crippen LogP contribution in [0.1, 0.15) is 18.1 Å². The highest BCUT2D eigenvalue weighted by Crippen LogP contribution is 2.12. The van der Waals surface area contributed by atoms with E-state index in [2.05, 4.69) is 20.6 Å². The highest BCUT2D eigenvalue weighted by Gasteiger charge is 2.06. The van der Waals surface area contributed by atoms with Crippen LogP contribution in [0.2, 0.25) is 5.15 Å². The molecule has 0 spiro atoms. The number of aliphatic hydroxyl groups excluding tert-OH is 1. The molecule has 3 N–H and O–H groups in total. The number of aryl methyl sites for hydroxylation is 1. The second-order valence-electron chi connectivity index (χ2n) is 6.17. The second-order valence-corrected chi connectivity index (χ2v) is 6.55. The smallest absolute Gasteiger partial charge is 0.191 e. The van der Waals surface area contributed by atoms with Crippen LogP contribution in [0.5, 0.6) is 5.75 Å². The Morgan fingerprint density at radius 3 is 2.85 bits per heavy atom. The summed E-state index contributed by atoms with van der Waals surface area (Å²) < 4.78 is 5.61. The number of aliphatic imine (C=N–C) groups is 1. The van der Waals surface area contributed by atoms with E-state index < -0.39 is 6.10 Å². The molecule has 27 heavy (non-hydrogen) atoms. The zero-order valence-corrected chi connectivity index (χ0v) is 16.5. The molecular weight excluding hydrogens is 364 g/mol. The first kappa shape index (κ1) is 21.0. The number of rotatable bonds is 9. The van der Waals surface area contributed by atoms with Crippen LogP contribution < -0.4 is 15.4 Å². The molecular formula is C20H27ClN4O2. The third kappa shape index (κ3) is 8.28. The van der Waals surface area contributed by atoms with Gasteiger partial charge >= 0.3 is 0 Å². The molecule has 1 atom stereocenters. The number of benzene rings is 1. The van der Waals surface area contributed by atoms with E-state index in [-0.39, 0.29) is 13.2 Å². The van der Waals surface area contributed by atoms with Gasteiger partial charge in [0.2, 0.25) is 0 Å². The predicted octanol–water partition coefficient (Wildman–Crippen LogP) is 2.58. The Balaban J connectivity index is 1.76. The summed E-state index contributed by atoms with van der Waals surface area (Å²) in [7, 11) is 0. The second kappa shape index (κ2) is 11.4. The van der Waals surface area contributed by atoms with Crippen molar-refractivity contribution in [1.29, 1.82) is 0 Å². The van der Waals surface area contributed by atoms with Gasteiger partial charge in [-0.15, -0.1) is 0 Å². The molecule has 0 radical (unpaired) electrons. The van der Waals surface area contributed by atoms with E-state index >= 15 is 0 Å². The number of pyridine rings is 1. The summed E-state index contributed by atoms with van der Waals surface area (Å²) in [6.07, 6.45) is 1.88. The number of guanidine groups is 1. The van der Waals surface area contributed by atoms with Crippen molar-refractivity contribution >= 4 is 17.6 Å². The molecule has 6 nitrogen and oxygen atoms in total. The maximum absolute atomic E-state index is 10.1. The first-order valence-corrected chi connectivity index (χ1v) is 9.44. The normalized spacial score (nSPS) is 12.5. The van der Waals surface area contributed by atoms with E-state index in [4.69, 9.17) is 16.3 Å². The quantitative estimate of drug-likeness (QED) is 0.348. The number of hydrogen-bond donors (Lipinski definition) is 3. The molecule has 2 rings (SSSR count). The Kier molecular flexibility index (Phi) is 8.87. The number of aromatic nitrogens is 1. The van der Waals surface area contributed by atoms with E-state index in [9.17, 15) is 5.11 Å². The van der Waals surface area contributed by atoms with E-state index in [1.807, 2.05) is 44.2 Å². The summed E-state index contributed by atoms with van der Waals surface area (Å²) in [5, 5.41) is 17.0. The molecule has 146 valence electrons. The molecule has 0 fully saturated rings. The van der Waals surface area contributed by atoms with Crippen LogP contribution in [-0.2, 0) is 6.42 Å². The standard InChI is InChI=1S/C20H27ClN4O2/c1-3-22-20(23-10-9-16-7-8-19(21)24-12-16)25-13-17(26)14-27-18-6-4-5-15(2)11-18/h4-8,11-12,17,26H,3,9-10,13-14H2,1-2H3,(H2,22,23,25). The minimum Gasteiger partial charge on any atom is -0.491 e. The molecule has 0 aliphatic rings. The van der Waals surface area contributed by atoms with Crippen molar-refractivity contribution in [3.8, 4) is 5.75 Å². The van der Waals surface area contributed by atoms with Crippen LogP contribution in [0.3, 0.4) is 0 Å². The average molecular weight is 391 g/mol. The topological polar surface area (TPSA) is 78.8 Å². The maximum atomic E-state index is 10.1. The fraction of sp³-hybridized carbons (Fsp3) is 0.400. The summed E-state index contributed by atoms with van der Waals surface area (Å²) in [5.41, 5.74) is 2.21. The summed E-state index contributed by atoms with van der Waals surface area (Å²) >= 11 is 5.79. The number of nitrogens with one attached hydrogen (secondary N) is 2. The predicted molar refractivity (Wildman–Crippen MR) is 110 cm³/mol. The molecule has 0 saturated carbocycles. The molecule has 0 aliphatic heterocycles. The van der Waals surface area contributed by atoms with Crippen molar-refractivity contribution in [2.75, 3.05) is 26.2 Å². The average Bonchev–Trinajstić information content (AvgIpc) is 2.66. The zero-order chi connectivity index (χ0) is 19.5. The lowest BCUT2D eigenvalue weighted by Gasteiger charge is -2.14. The van der Waals surface area contributed by atoms with Crippen LogP contribution in [0.4, 0.5) is 0 Å². The van der Waals surface area contributed by atoms with Crippen LogP contribution in [0.25, 0.3) is 0 Å². The fourth-order valence-electron chi connectivity index (χ4n) is 2.37. The molecule has 1 aromatic heterocycles. The summed E-state index contributed by atoms with van der Waals surface area (Å²) in [6, 6.07) is 11.5. The van der Waals surface area contributed by atoms with Gasteiger partial charge in [0.25, 0.3) is 0 Å². The molecule has 1 aromatic carbocycles. The Labute approximate surface area is 165 Å². The number of nitrogens with zero attached hydrogens (tertiary/aromatic N) is 2. The van der Waals surface area contributed by atoms with Gasteiger partial charge in [0.05, 0.1) is 6.54 Å². The molecule has 7 heteroatoms. The highest BCUT2D eigenvalue weighted by atomic mass is 35.5. The Morgan fingerprint density at radius 2 is 2.15 bits per heavy atom. The fourth-order valence-corrected chi connectivity index (χ4v) is 2.48. The van der Waals surface area contributed by atoms with E-state index in [0.717, 1.165) is 29.8 Å². The third-order valence-electron chi connectivity index (χ3n) is 3.73. The van der Waals surface area contributed by atoms with Gasteiger partial charge in [-0.2, -0.15) is 0 Å². The summed E-state index contributed by atoms with van der Waals surface area (Å²) in [4.78, 5) is 8.48. The molecule has 0 saturated heterocycles. The van der Waals surface area contributed by atoms with Gasteiger partial charge in [-0.3, -0.25) is 4.99 Å². The van der Waals surface area contributed by atoms with Gasteiger partial charge in [-0.25, -0.2) is 4.98 Å². The van der Waals surface area contributed by atoms with Crippen molar-refractivity contribution in [2.24, 2.45) is 4.99 Å². The lowest BCUT2D eigenvalue weighted by atomic mass is 10.2. The minimum absolute atomic E-state index is 0.197. The van der Waals surface area contributed by atoms with Crippen molar-refractivity contribution in [1.82, 2.24) is 15.6 Å². The van der Waals surface area contributed by atoms with Crippen LogP contribution in [0, 0.1) is 6.92 Å². The van der Waals surface area contributed by atoms with Gasteiger partial charge in [-0.1, -0.05) is 29.8 Å². The van der Waals surface area contributed by atoms with Gasteiger partial charge < -0.3 is 20.5 Å². The Morgan fingerprint density at radius 1 is 1.30 bits per heavy atom. The molecule has 2 aromatic rings. The van der Waals surface area contributed by atoms with Gasteiger partial charge in [-0.05, 0) is 49.6 Å². The number of hydrogen-bond acceptors (Lipinski definition) is 4. The monoisotopic (exact) mass is 390 g/mol. The SMILES string of the molecule is CCNC(=NCC(O)COc1cccc(C)c1)NCCc1ccc(Cl)nc1. The summed E-state index contributed by atoms with van der Waals surface area (Å²) in [6.45, 7) is 5.89. The third-order valence-corrected chi connectivity index (χ3v) is 3.95. The molecule has 0 bridgehead atoms. The first-order chi connectivity index (χ1) is 13.1. The highest BCUT2D eigenvalue weighted by molar-refractivity contribution is 6.29. The largest absolute Gasteiger partial charge is 0.491 e. The van der Waals surface area contributed by atoms with Gasteiger partial charge in [0.15, 0.2) is 5.96 Å². The van der Waals surface area contributed by atoms with Crippen molar-refractivity contribution < 1.29 is 9.84 Å². The Hall–Kier alpha value is -2.31. The van der Waals surface area contributed by atoms with E-state index in [0.29, 0.717) is 17.7 Å². The lowest BCUT2D eigenvalue weighted by molar-refractivity contribution is 0.114. The van der Waals surface area contributed by atoms with Crippen LogP contribution in [0.15, 0.2) is 47.6 Å².